The highest BCUT2D eigenvalue weighted by Crippen LogP contribution is 2.40. The fourth-order valence-corrected chi connectivity index (χ4v) is 5.18. The molecule has 1 unspecified atom stereocenters. The average Bonchev–Trinajstić information content (AvgIpc) is 3.08. The van der Waals surface area contributed by atoms with Crippen LogP contribution >= 0.6 is 0 Å². The Balaban J connectivity index is 1.88. The number of carboxylic acids is 1. The van der Waals surface area contributed by atoms with Gasteiger partial charge in [0.1, 0.15) is 5.75 Å². The first-order valence-corrected chi connectivity index (χ1v) is 15.4. The second-order valence-corrected chi connectivity index (χ2v) is 11.5. The quantitative estimate of drug-likeness (QED) is 0.101. The van der Waals surface area contributed by atoms with E-state index in [4.69, 9.17) is 19.3 Å². The molecule has 280 valence electrons. The summed E-state index contributed by atoms with van der Waals surface area (Å²) in [5.41, 5.74) is -3.61. The van der Waals surface area contributed by atoms with Gasteiger partial charge in [0.15, 0.2) is 5.75 Å². The number of alkyl halides is 9. The summed E-state index contributed by atoms with van der Waals surface area (Å²) in [6.45, 7) is 0.448. The van der Waals surface area contributed by atoms with Gasteiger partial charge in [-0.3, -0.25) is 4.79 Å². The van der Waals surface area contributed by atoms with Gasteiger partial charge in [-0.15, -0.1) is 0 Å². The van der Waals surface area contributed by atoms with Crippen LogP contribution in [0.1, 0.15) is 59.3 Å². The Bertz CT molecular complexity index is 1810. The number of aliphatic carboxylic acids is 1. The third-order valence-electron chi connectivity index (χ3n) is 7.85. The molecule has 4 aromatic rings. The molecule has 0 aliphatic rings. The van der Waals surface area contributed by atoms with E-state index in [0.717, 1.165) is 29.4 Å². The number of aromatic nitrogens is 2. The summed E-state index contributed by atoms with van der Waals surface area (Å²) in [6, 6.07) is 8.74. The first-order valence-electron chi connectivity index (χ1n) is 15.4. The predicted octanol–water partition coefficient (Wildman–Crippen LogP) is 9.37. The molecule has 4 rings (SSSR count). The molecular weight excluding hydrogens is 713 g/mol. The molecule has 0 amide bonds. The van der Waals surface area contributed by atoms with Crippen LogP contribution in [0.4, 0.5) is 45.5 Å². The first kappa shape index (κ1) is 39.7. The van der Waals surface area contributed by atoms with Crippen LogP contribution in [0.25, 0.3) is 11.1 Å². The SMILES string of the molecule is COc1ccc(C(C)OC)cc1-c1ccc(C(F)(F)F)cc1CN(Cc1cc(C(F)(F)F)cc(C(F)(F)F)c1)c1ncc(OCCCC(=O)O)cn1. The van der Waals surface area contributed by atoms with Gasteiger partial charge in [-0.25, -0.2) is 9.97 Å². The van der Waals surface area contributed by atoms with E-state index in [1.165, 1.54) is 20.3 Å². The Hall–Kier alpha value is -5.06. The number of ether oxygens (including phenoxy) is 3. The lowest BCUT2D eigenvalue weighted by Gasteiger charge is -2.26. The zero-order valence-electron chi connectivity index (χ0n) is 27.8. The van der Waals surface area contributed by atoms with Gasteiger partial charge in [0.2, 0.25) is 5.95 Å². The third kappa shape index (κ3) is 10.3. The maximum Gasteiger partial charge on any atom is 0.416 e. The van der Waals surface area contributed by atoms with Gasteiger partial charge < -0.3 is 24.2 Å². The van der Waals surface area contributed by atoms with Crippen LogP contribution in [0.5, 0.6) is 11.5 Å². The number of methoxy groups -OCH3 is 2. The summed E-state index contributed by atoms with van der Waals surface area (Å²) in [5, 5.41) is 8.82. The summed E-state index contributed by atoms with van der Waals surface area (Å²) in [4.78, 5) is 20.2. The molecule has 0 aliphatic carbocycles. The van der Waals surface area contributed by atoms with Crippen molar-refractivity contribution in [1.29, 1.82) is 0 Å². The molecule has 0 bridgehead atoms. The lowest BCUT2D eigenvalue weighted by molar-refractivity contribution is -0.143. The predicted molar refractivity (Wildman–Crippen MR) is 170 cm³/mol. The number of hydrogen-bond acceptors (Lipinski definition) is 7. The molecule has 1 heterocycles. The Kier molecular flexibility index (Phi) is 12.3. The standard InChI is InChI=1S/C35H32F9N3O5/c1-20(50-2)22-6-9-30(51-3)29(14-22)28-8-7-24(33(36,37)38)13-23(28)19-47(32-45-16-27(17-46-32)52-10-4-5-31(48)49)18-21-11-25(34(39,40)41)15-26(12-21)35(42,43)44/h6-9,11-17,20H,4-5,10,18-19H2,1-3H3,(H,48,49). The fourth-order valence-electron chi connectivity index (χ4n) is 5.18. The van der Waals surface area contributed by atoms with Crippen molar-refractivity contribution in [3.05, 3.63) is 100 Å². The Morgan fingerprint density at radius 3 is 1.94 bits per heavy atom. The van der Waals surface area contributed by atoms with E-state index in [0.29, 0.717) is 23.3 Å². The highest BCUT2D eigenvalue weighted by molar-refractivity contribution is 5.75. The fraction of sp³-hybridized carbons (Fsp3) is 0.343. The lowest BCUT2D eigenvalue weighted by atomic mass is 9.93. The van der Waals surface area contributed by atoms with Crippen LogP contribution in [-0.4, -0.2) is 41.9 Å². The first-order chi connectivity index (χ1) is 24.3. The second-order valence-electron chi connectivity index (χ2n) is 11.5. The minimum absolute atomic E-state index is 0.0357. The van der Waals surface area contributed by atoms with Crippen LogP contribution in [0.3, 0.4) is 0 Å². The van der Waals surface area contributed by atoms with E-state index in [9.17, 15) is 44.3 Å². The number of anilines is 1. The number of hydrogen-bond donors (Lipinski definition) is 1. The van der Waals surface area contributed by atoms with Gasteiger partial charge in [-0.2, -0.15) is 39.5 Å². The number of halogens is 9. The average molecular weight is 746 g/mol. The number of benzene rings is 3. The topological polar surface area (TPSA) is 94.0 Å². The van der Waals surface area contributed by atoms with Crippen molar-refractivity contribution in [2.45, 2.75) is 57.5 Å². The number of rotatable bonds is 14. The van der Waals surface area contributed by atoms with Gasteiger partial charge in [-0.05, 0) is 78.1 Å². The summed E-state index contributed by atoms with van der Waals surface area (Å²) < 4.78 is 141. The van der Waals surface area contributed by atoms with Gasteiger partial charge in [0.25, 0.3) is 0 Å². The molecule has 1 atom stereocenters. The molecule has 0 saturated heterocycles. The number of carbonyl (C=O) groups is 1. The smallest absolute Gasteiger partial charge is 0.416 e. The molecule has 3 aromatic carbocycles. The molecule has 0 fully saturated rings. The Morgan fingerprint density at radius 2 is 1.40 bits per heavy atom. The minimum Gasteiger partial charge on any atom is -0.496 e. The second kappa shape index (κ2) is 16.1. The van der Waals surface area contributed by atoms with Crippen molar-refractivity contribution >= 4 is 11.9 Å². The maximum atomic E-state index is 14.1. The van der Waals surface area contributed by atoms with Crippen LogP contribution in [0.2, 0.25) is 0 Å². The van der Waals surface area contributed by atoms with Crippen molar-refractivity contribution in [1.82, 2.24) is 9.97 Å². The Labute approximate surface area is 291 Å². The molecule has 1 aromatic heterocycles. The van der Waals surface area contributed by atoms with Crippen molar-refractivity contribution in [2.75, 3.05) is 25.7 Å². The molecule has 0 aliphatic heterocycles. The monoisotopic (exact) mass is 745 g/mol. The maximum absolute atomic E-state index is 14.1. The molecule has 0 radical (unpaired) electrons. The minimum atomic E-state index is -5.16. The van der Waals surface area contributed by atoms with Gasteiger partial charge in [-0.1, -0.05) is 12.1 Å². The van der Waals surface area contributed by atoms with E-state index >= 15 is 0 Å². The Morgan fingerprint density at radius 1 is 0.788 bits per heavy atom. The van der Waals surface area contributed by atoms with Crippen LogP contribution in [-0.2, 0) is 41.1 Å². The third-order valence-corrected chi connectivity index (χ3v) is 7.85. The van der Waals surface area contributed by atoms with Crippen LogP contribution < -0.4 is 14.4 Å². The highest BCUT2D eigenvalue weighted by atomic mass is 19.4. The van der Waals surface area contributed by atoms with Crippen molar-refractivity contribution in [3.63, 3.8) is 0 Å². The summed E-state index contributed by atoms with van der Waals surface area (Å²) in [7, 11) is 2.81. The van der Waals surface area contributed by atoms with Crippen molar-refractivity contribution in [2.24, 2.45) is 0 Å². The van der Waals surface area contributed by atoms with Gasteiger partial charge >= 0.3 is 24.5 Å². The van der Waals surface area contributed by atoms with E-state index in [2.05, 4.69) is 9.97 Å². The molecule has 0 spiro atoms. The summed E-state index contributed by atoms with van der Waals surface area (Å²) in [5.74, 6) is -1.02. The van der Waals surface area contributed by atoms with Gasteiger partial charge in [0.05, 0.1) is 48.9 Å². The van der Waals surface area contributed by atoms with Crippen LogP contribution in [0.15, 0.2) is 67.0 Å². The normalized spacial score (nSPS) is 12.8. The summed E-state index contributed by atoms with van der Waals surface area (Å²) >= 11 is 0. The van der Waals surface area contributed by atoms with Gasteiger partial charge in [0, 0.05) is 32.2 Å². The van der Waals surface area contributed by atoms with Crippen molar-refractivity contribution in [3.8, 4) is 22.6 Å². The highest BCUT2D eigenvalue weighted by Gasteiger charge is 2.37. The molecule has 8 nitrogen and oxygen atoms in total. The van der Waals surface area contributed by atoms with E-state index in [1.807, 2.05) is 0 Å². The summed E-state index contributed by atoms with van der Waals surface area (Å²) in [6.07, 6.45) is -13.4. The number of carboxylic acid groups (broad SMARTS) is 1. The lowest BCUT2D eigenvalue weighted by Crippen LogP contribution is -2.25. The zero-order chi connectivity index (χ0) is 38.4. The van der Waals surface area contributed by atoms with E-state index in [1.54, 1.807) is 25.1 Å². The molecule has 52 heavy (non-hydrogen) atoms. The molecule has 0 saturated carbocycles. The largest absolute Gasteiger partial charge is 0.496 e. The number of nitrogens with zero attached hydrogens (tertiary/aromatic N) is 3. The van der Waals surface area contributed by atoms with E-state index < -0.39 is 65.9 Å². The molecular formula is C35H32F9N3O5. The zero-order valence-corrected chi connectivity index (χ0v) is 27.8. The van der Waals surface area contributed by atoms with Crippen molar-refractivity contribution < 1.29 is 63.6 Å². The molecule has 1 N–H and O–H groups in total. The molecule has 17 heteroatoms. The van der Waals surface area contributed by atoms with E-state index in [-0.39, 0.29) is 54.1 Å². The van der Waals surface area contributed by atoms with Crippen LogP contribution in [0, 0.1) is 0 Å².